The Balaban J connectivity index is 3.11. The molecule has 0 fully saturated rings. The van der Waals surface area contributed by atoms with E-state index in [1.807, 2.05) is 0 Å². The molecular formula is C8H4Cl2F4O. The molecule has 0 spiro atoms. The van der Waals surface area contributed by atoms with Gasteiger partial charge < -0.3 is 4.74 Å². The maximum atomic E-state index is 12.3. The van der Waals surface area contributed by atoms with Crippen LogP contribution >= 0.6 is 23.2 Å². The monoisotopic (exact) mass is 262 g/mol. The molecular weight excluding hydrogens is 259 g/mol. The van der Waals surface area contributed by atoms with Crippen molar-refractivity contribution in [1.29, 1.82) is 0 Å². The summed E-state index contributed by atoms with van der Waals surface area (Å²) in [6.07, 6.45) is -2.88. The lowest BCUT2D eigenvalue weighted by atomic mass is 10.2. The summed E-state index contributed by atoms with van der Waals surface area (Å²) in [6.45, 7) is -3.13. The quantitative estimate of drug-likeness (QED) is 0.728. The number of ether oxygens (including phenoxy) is 1. The van der Waals surface area contributed by atoms with Gasteiger partial charge in [-0.3, -0.25) is 0 Å². The summed E-state index contributed by atoms with van der Waals surface area (Å²) in [6, 6.07) is 1.63. The summed E-state index contributed by atoms with van der Waals surface area (Å²) < 4.78 is 52.2. The van der Waals surface area contributed by atoms with Gasteiger partial charge >= 0.3 is 6.61 Å². The molecule has 0 heterocycles. The Morgan fingerprint density at radius 3 is 2.07 bits per heavy atom. The van der Waals surface area contributed by atoms with Crippen LogP contribution < -0.4 is 4.74 Å². The smallest absolute Gasteiger partial charge is 0.387 e. The van der Waals surface area contributed by atoms with Crippen LogP contribution in [0.4, 0.5) is 17.6 Å². The van der Waals surface area contributed by atoms with Crippen LogP contribution in [0.3, 0.4) is 0 Å². The minimum absolute atomic E-state index is 0.246. The predicted octanol–water partition coefficient (Wildman–Crippen LogP) is 4.53. The van der Waals surface area contributed by atoms with E-state index in [-0.39, 0.29) is 10.0 Å². The van der Waals surface area contributed by atoms with Crippen molar-refractivity contribution in [2.75, 3.05) is 0 Å². The van der Waals surface area contributed by atoms with Crippen molar-refractivity contribution in [1.82, 2.24) is 0 Å². The fourth-order valence-corrected chi connectivity index (χ4v) is 1.41. The molecule has 0 radical (unpaired) electrons. The molecule has 0 aliphatic heterocycles. The lowest BCUT2D eigenvalue weighted by Crippen LogP contribution is -2.03. The lowest BCUT2D eigenvalue weighted by Gasteiger charge is -2.10. The molecule has 15 heavy (non-hydrogen) atoms. The van der Waals surface area contributed by atoms with Crippen molar-refractivity contribution in [3.8, 4) is 5.75 Å². The summed E-state index contributed by atoms with van der Waals surface area (Å²) >= 11 is 10.9. The third-order valence-electron chi connectivity index (χ3n) is 1.50. The molecule has 0 aliphatic rings. The molecule has 0 atom stereocenters. The van der Waals surface area contributed by atoms with Gasteiger partial charge in [0.2, 0.25) is 0 Å². The number of rotatable bonds is 3. The molecule has 1 nitrogen and oxygen atoms in total. The third-order valence-corrected chi connectivity index (χ3v) is 2.13. The number of hydrogen-bond acceptors (Lipinski definition) is 1. The predicted molar refractivity (Wildman–Crippen MR) is 48.1 cm³/mol. The van der Waals surface area contributed by atoms with Crippen molar-refractivity contribution in [3.63, 3.8) is 0 Å². The summed E-state index contributed by atoms with van der Waals surface area (Å²) in [4.78, 5) is 0. The second-order valence-corrected chi connectivity index (χ2v) is 3.30. The number of alkyl halides is 4. The molecule has 0 aromatic heterocycles. The average molecular weight is 263 g/mol. The van der Waals surface area contributed by atoms with E-state index < -0.39 is 24.3 Å². The largest absolute Gasteiger partial charge is 0.433 e. The molecule has 1 aromatic rings. The topological polar surface area (TPSA) is 9.23 Å². The van der Waals surface area contributed by atoms with E-state index in [1.54, 1.807) is 0 Å². The third kappa shape index (κ3) is 3.14. The van der Waals surface area contributed by atoms with E-state index in [4.69, 9.17) is 23.2 Å². The van der Waals surface area contributed by atoms with Crippen molar-refractivity contribution < 1.29 is 22.3 Å². The number of benzene rings is 1. The van der Waals surface area contributed by atoms with Crippen LogP contribution in [0.25, 0.3) is 0 Å². The van der Waals surface area contributed by atoms with Crippen LogP contribution in [0.2, 0.25) is 10.0 Å². The van der Waals surface area contributed by atoms with E-state index in [1.165, 1.54) is 0 Å². The Hall–Kier alpha value is -0.680. The van der Waals surface area contributed by atoms with Gasteiger partial charge in [-0.25, -0.2) is 8.78 Å². The molecule has 0 amide bonds. The summed E-state index contributed by atoms with van der Waals surface area (Å²) in [5.74, 6) is -0.522. The van der Waals surface area contributed by atoms with E-state index in [2.05, 4.69) is 4.74 Å². The van der Waals surface area contributed by atoms with Gasteiger partial charge in [0, 0.05) is 5.56 Å². The Bertz CT molecular complexity index is 357. The van der Waals surface area contributed by atoms with Crippen LogP contribution in [-0.4, -0.2) is 6.61 Å². The first kappa shape index (κ1) is 12.4. The number of halogens is 6. The van der Waals surface area contributed by atoms with Gasteiger partial charge in [-0.1, -0.05) is 23.2 Å². The van der Waals surface area contributed by atoms with Crippen LogP contribution in [0.1, 0.15) is 12.0 Å². The summed E-state index contributed by atoms with van der Waals surface area (Å²) in [7, 11) is 0. The van der Waals surface area contributed by atoms with E-state index >= 15 is 0 Å². The van der Waals surface area contributed by atoms with Gasteiger partial charge in [0.25, 0.3) is 6.43 Å². The van der Waals surface area contributed by atoms with Gasteiger partial charge in [-0.2, -0.15) is 8.78 Å². The molecule has 0 saturated heterocycles. The van der Waals surface area contributed by atoms with Crippen LogP contribution in [0.15, 0.2) is 12.1 Å². The zero-order valence-electron chi connectivity index (χ0n) is 6.99. The lowest BCUT2D eigenvalue weighted by molar-refractivity contribution is -0.0499. The average Bonchev–Trinajstić information content (AvgIpc) is 2.08. The van der Waals surface area contributed by atoms with Crippen LogP contribution in [0, 0.1) is 0 Å². The first-order valence-electron chi connectivity index (χ1n) is 3.63. The molecule has 0 aliphatic carbocycles. The van der Waals surface area contributed by atoms with Crippen LogP contribution in [0.5, 0.6) is 5.75 Å². The highest BCUT2D eigenvalue weighted by Gasteiger charge is 2.17. The van der Waals surface area contributed by atoms with Gasteiger partial charge in [0.05, 0.1) is 10.0 Å². The standard InChI is InChI=1S/C8H4Cl2F4O/c9-4-2-5(10)6(15-8(13)14)1-3(4)7(11)12/h1-2,7-8H. The van der Waals surface area contributed by atoms with Crippen molar-refractivity contribution >= 4 is 23.2 Å². The fourth-order valence-electron chi connectivity index (χ4n) is 0.898. The summed E-state index contributed by atoms with van der Waals surface area (Å²) in [5.41, 5.74) is -0.600. The molecule has 84 valence electrons. The van der Waals surface area contributed by atoms with E-state index in [0.717, 1.165) is 6.07 Å². The molecule has 0 bridgehead atoms. The van der Waals surface area contributed by atoms with Gasteiger partial charge in [0.15, 0.2) is 0 Å². The summed E-state index contributed by atoms with van der Waals surface area (Å²) in [5, 5.41) is -0.540. The van der Waals surface area contributed by atoms with Gasteiger partial charge in [-0.05, 0) is 12.1 Å². The zero-order chi connectivity index (χ0) is 11.6. The van der Waals surface area contributed by atoms with E-state index in [0.29, 0.717) is 6.07 Å². The molecule has 1 aromatic carbocycles. The van der Waals surface area contributed by atoms with Crippen molar-refractivity contribution in [2.24, 2.45) is 0 Å². The molecule has 0 saturated carbocycles. The second kappa shape index (κ2) is 4.90. The SMILES string of the molecule is FC(F)Oc1cc(C(F)F)c(Cl)cc1Cl. The number of hydrogen-bond donors (Lipinski definition) is 0. The minimum Gasteiger partial charge on any atom is -0.433 e. The first-order valence-corrected chi connectivity index (χ1v) is 4.39. The highest BCUT2D eigenvalue weighted by atomic mass is 35.5. The second-order valence-electron chi connectivity index (χ2n) is 2.48. The van der Waals surface area contributed by atoms with E-state index in [9.17, 15) is 17.6 Å². The Morgan fingerprint density at radius 1 is 1.00 bits per heavy atom. The highest BCUT2D eigenvalue weighted by molar-refractivity contribution is 6.36. The minimum atomic E-state index is -3.13. The zero-order valence-corrected chi connectivity index (χ0v) is 8.50. The molecule has 0 unspecified atom stereocenters. The van der Waals surface area contributed by atoms with Crippen molar-refractivity contribution in [2.45, 2.75) is 13.0 Å². The maximum absolute atomic E-state index is 12.3. The Kier molecular flexibility index (Phi) is 4.04. The van der Waals surface area contributed by atoms with Crippen LogP contribution in [-0.2, 0) is 0 Å². The maximum Gasteiger partial charge on any atom is 0.387 e. The molecule has 0 N–H and O–H groups in total. The van der Waals surface area contributed by atoms with Gasteiger partial charge in [-0.15, -0.1) is 0 Å². The Labute approximate surface area is 92.5 Å². The molecule has 7 heteroatoms. The first-order chi connectivity index (χ1) is 6.91. The van der Waals surface area contributed by atoms with Gasteiger partial charge in [0.1, 0.15) is 5.75 Å². The Morgan fingerprint density at radius 2 is 1.60 bits per heavy atom. The highest BCUT2D eigenvalue weighted by Crippen LogP contribution is 2.36. The fraction of sp³-hybridized carbons (Fsp3) is 0.250. The molecule has 1 rings (SSSR count). The van der Waals surface area contributed by atoms with Crippen molar-refractivity contribution in [3.05, 3.63) is 27.7 Å². The normalized spacial score (nSPS) is 11.2.